The Morgan fingerprint density at radius 1 is 1.35 bits per heavy atom. The molecule has 1 aromatic carbocycles. The van der Waals surface area contributed by atoms with Crippen LogP contribution in [-0.4, -0.2) is 56.7 Å². The van der Waals surface area contributed by atoms with Crippen LogP contribution >= 0.6 is 11.6 Å². The Bertz CT molecular complexity index is 458. The van der Waals surface area contributed by atoms with Crippen LogP contribution in [0.4, 0.5) is 0 Å². The number of hydrogen-bond donors (Lipinski definition) is 0. The summed E-state index contributed by atoms with van der Waals surface area (Å²) in [5, 5.41) is 0. The number of methoxy groups -OCH3 is 2. The number of ether oxygens (including phenoxy) is 3. The van der Waals surface area contributed by atoms with Crippen LogP contribution in [0, 0.1) is 0 Å². The fourth-order valence-electron chi connectivity index (χ4n) is 2.11. The van der Waals surface area contributed by atoms with Gasteiger partial charge in [-0.2, -0.15) is 0 Å². The van der Waals surface area contributed by atoms with Crippen molar-refractivity contribution in [2.24, 2.45) is 0 Å². The van der Waals surface area contributed by atoms with Crippen molar-refractivity contribution in [3.8, 4) is 11.5 Å². The van der Waals surface area contributed by atoms with Crippen LogP contribution < -0.4 is 9.47 Å². The maximum Gasteiger partial charge on any atom is 0.254 e. The number of nitrogens with zero attached hydrogens (tertiary/aromatic N) is 1. The first-order valence-electron chi connectivity index (χ1n) is 6.38. The molecule has 1 aromatic rings. The van der Waals surface area contributed by atoms with Crippen molar-refractivity contribution in [2.75, 3.05) is 39.8 Å². The summed E-state index contributed by atoms with van der Waals surface area (Å²) >= 11 is 5.79. The van der Waals surface area contributed by atoms with E-state index in [9.17, 15) is 4.79 Å². The van der Waals surface area contributed by atoms with Crippen LogP contribution in [0.1, 0.15) is 10.4 Å². The Morgan fingerprint density at radius 2 is 2.00 bits per heavy atom. The molecule has 1 aliphatic heterocycles. The normalized spacial score (nSPS) is 18.8. The molecule has 110 valence electrons. The molecule has 5 nitrogen and oxygen atoms in total. The number of halogens is 1. The van der Waals surface area contributed by atoms with Gasteiger partial charge in [0.05, 0.1) is 32.8 Å². The van der Waals surface area contributed by atoms with Crippen LogP contribution in [0.3, 0.4) is 0 Å². The van der Waals surface area contributed by atoms with Crippen LogP contribution in [-0.2, 0) is 4.74 Å². The van der Waals surface area contributed by atoms with Crippen LogP contribution in [0.2, 0.25) is 0 Å². The molecule has 1 amide bonds. The van der Waals surface area contributed by atoms with Crippen molar-refractivity contribution < 1.29 is 19.0 Å². The number of rotatable bonds is 4. The molecule has 2 rings (SSSR count). The minimum atomic E-state index is -0.109. The van der Waals surface area contributed by atoms with Crippen molar-refractivity contribution in [3.05, 3.63) is 23.8 Å². The molecule has 0 aromatic heterocycles. The molecule has 1 unspecified atom stereocenters. The van der Waals surface area contributed by atoms with Crippen molar-refractivity contribution in [1.29, 1.82) is 0 Å². The highest BCUT2D eigenvalue weighted by Crippen LogP contribution is 2.24. The number of alkyl halides is 1. The molecule has 0 aliphatic carbocycles. The summed E-state index contributed by atoms with van der Waals surface area (Å²) in [6.45, 7) is 1.57. The molecule has 1 atom stereocenters. The van der Waals surface area contributed by atoms with Gasteiger partial charge >= 0.3 is 0 Å². The maximum atomic E-state index is 12.5. The average Bonchev–Trinajstić information content (AvgIpc) is 2.53. The summed E-state index contributed by atoms with van der Waals surface area (Å²) in [6.07, 6.45) is -0.109. The summed E-state index contributed by atoms with van der Waals surface area (Å²) in [7, 11) is 3.11. The monoisotopic (exact) mass is 299 g/mol. The van der Waals surface area contributed by atoms with Crippen molar-refractivity contribution >= 4 is 17.5 Å². The highest BCUT2D eigenvalue weighted by Gasteiger charge is 2.25. The minimum Gasteiger partial charge on any atom is -0.497 e. The SMILES string of the molecule is COc1cc(OC)cc(C(=O)N2CCOC(CCl)C2)c1. The Labute approximate surface area is 123 Å². The lowest BCUT2D eigenvalue weighted by molar-refractivity contribution is -0.0108. The highest BCUT2D eigenvalue weighted by atomic mass is 35.5. The van der Waals surface area contributed by atoms with E-state index in [-0.39, 0.29) is 12.0 Å². The molecular weight excluding hydrogens is 282 g/mol. The lowest BCUT2D eigenvalue weighted by Gasteiger charge is -2.32. The Balaban J connectivity index is 2.19. The van der Waals surface area contributed by atoms with E-state index in [0.29, 0.717) is 42.6 Å². The van der Waals surface area contributed by atoms with Crippen molar-refractivity contribution in [1.82, 2.24) is 4.90 Å². The van der Waals surface area contributed by atoms with E-state index in [1.807, 2.05) is 0 Å². The fourth-order valence-corrected chi connectivity index (χ4v) is 2.30. The van der Waals surface area contributed by atoms with Gasteiger partial charge < -0.3 is 19.1 Å². The smallest absolute Gasteiger partial charge is 0.254 e. The summed E-state index contributed by atoms with van der Waals surface area (Å²) in [5.41, 5.74) is 0.538. The van der Waals surface area contributed by atoms with Gasteiger partial charge in [0.2, 0.25) is 0 Å². The number of benzene rings is 1. The van der Waals surface area contributed by atoms with Gasteiger partial charge in [-0.1, -0.05) is 0 Å². The first-order chi connectivity index (χ1) is 9.67. The zero-order valence-corrected chi connectivity index (χ0v) is 12.4. The predicted molar refractivity (Wildman–Crippen MR) is 75.9 cm³/mol. The number of carbonyl (C=O) groups is 1. The third kappa shape index (κ3) is 3.35. The van der Waals surface area contributed by atoms with Gasteiger partial charge in [0.15, 0.2) is 0 Å². The number of morpholine rings is 1. The van der Waals surface area contributed by atoms with Crippen LogP contribution in [0.25, 0.3) is 0 Å². The molecule has 0 spiro atoms. The molecule has 0 radical (unpaired) electrons. The summed E-state index contributed by atoms with van der Waals surface area (Å²) in [5.74, 6) is 1.50. The molecule has 20 heavy (non-hydrogen) atoms. The van der Waals surface area contributed by atoms with Gasteiger partial charge in [0.1, 0.15) is 11.5 Å². The Hall–Kier alpha value is -1.46. The standard InChI is InChI=1S/C14H18ClNO4/c1-18-11-5-10(6-12(7-11)19-2)14(17)16-3-4-20-13(8-15)9-16/h5-7,13H,3-4,8-9H2,1-2H3. The first kappa shape index (κ1) is 14.9. The molecule has 1 heterocycles. The second-order valence-electron chi connectivity index (χ2n) is 4.50. The van der Waals surface area contributed by atoms with Gasteiger partial charge in [-0.25, -0.2) is 0 Å². The molecule has 1 fully saturated rings. The number of amides is 1. The van der Waals surface area contributed by atoms with Crippen molar-refractivity contribution in [3.63, 3.8) is 0 Å². The quantitative estimate of drug-likeness (QED) is 0.795. The molecular formula is C14H18ClNO4. The molecule has 0 saturated carbocycles. The third-order valence-electron chi connectivity index (χ3n) is 3.20. The first-order valence-corrected chi connectivity index (χ1v) is 6.91. The lowest BCUT2D eigenvalue weighted by Crippen LogP contribution is -2.46. The van der Waals surface area contributed by atoms with E-state index in [0.717, 1.165) is 0 Å². The van der Waals surface area contributed by atoms with E-state index in [2.05, 4.69) is 0 Å². The molecule has 0 N–H and O–H groups in total. The average molecular weight is 300 g/mol. The van der Waals surface area contributed by atoms with E-state index in [4.69, 9.17) is 25.8 Å². The van der Waals surface area contributed by atoms with Crippen LogP contribution in [0.15, 0.2) is 18.2 Å². The predicted octanol–water partition coefficient (Wildman–Crippen LogP) is 1.78. The number of hydrogen-bond acceptors (Lipinski definition) is 4. The third-order valence-corrected chi connectivity index (χ3v) is 3.54. The van der Waals surface area contributed by atoms with E-state index < -0.39 is 0 Å². The van der Waals surface area contributed by atoms with Gasteiger partial charge in [-0.05, 0) is 12.1 Å². The Morgan fingerprint density at radius 3 is 2.55 bits per heavy atom. The zero-order chi connectivity index (χ0) is 14.5. The summed E-state index contributed by atoms with van der Waals surface area (Å²) in [6, 6.07) is 5.14. The Kier molecular flexibility index (Phi) is 5.09. The molecule has 0 bridgehead atoms. The van der Waals surface area contributed by atoms with Crippen LogP contribution in [0.5, 0.6) is 11.5 Å². The van der Waals surface area contributed by atoms with E-state index >= 15 is 0 Å². The lowest BCUT2D eigenvalue weighted by atomic mass is 10.1. The fraction of sp³-hybridized carbons (Fsp3) is 0.500. The molecule has 6 heteroatoms. The van der Waals surface area contributed by atoms with Gasteiger partial charge in [0.25, 0.3) is 5.91 Å². The largest absolute Gasteiger partial charge is 0.497 e. The molecule has 1 aliphatic rings. The highest BCUT2D eigenvalue weighted by molar-refractivity contribution is 6.18. The zero-order valence-electron chi connectivity index (χ0n) is 11.6. The second kappa shape index (κ2) is 6.81. The van der Waals surface area contributed by atoms with E-state index in [1.165, 1.54) is 0 Å². The maximum absolute atomic E-state index is 12.5. The van der Waals surface area contributed by atoms with Gasteiger partial charge in [-0.3, -0.25) is 4.79 Å². The summed E-state index contributed by atoms with van der Waals surface area (Å²) < 4.78 is 15.8. The summed E-state index contributed by atoms with van der Waals surface area (Å²) in [4.78, 5) is 14.3. The molecule has 1 saturated heterocycles. The second-order valence-corrected chi connectivity index (χ2v) is 4.81. The van der Waals surface area contributed by atoms with Gasteiger partial charge in [-0.15, -0.1) is 11.6 Å². The van der Waals surface area contributed by atoms with Crippen molar-refractivity contribution in [2.45, 2.75) is 6.10 Å². The van der Waals surface area contributed by atoms with Gasteiger partial charge in [0, 0.05) is 24.7 Å². The topological polar surface area (TPSA) is 48.0 Å². The number of carbonyl (C=O) groups excluding carboxylic acids is 1. The van der Waals surface area contributed by atoms with E-state index in [1.54, 1.807) is 37.3 Å². The minimum absolute atomic E-state index is 0.0689.